The summed E-state index contributed by atoms with van der Waals surface area (Å²) in [7, 11) is 1.58. The highest BCUT2D eigenvalue weighted by molar-refractivity contribution is 9.10. The van der Waals surface area contributed by atoms with Crippen LogP contribution in [0, 0.1) is 0 Å². The maximum absolute atomic E-state index is 11.8. The first-order valence-electron chi connectivity index (χ1n) is 8.14. The van der Waals surface area contributed by atoms with Crippen molar-refractivity contribution in [2.75, 3.05) is 20.3 Å². The van der Waals surface area contributed by atoms with Crippen molar-refractivity contribution in [3.05, 3.63) is 52.5 Å². The van der Waals surface area contributed by atoms with E-state index in [0.717, 1.165) is 16.5 Å². The zero-order valence-corrected chi connectivity index (χ0v) is 16.3. The third-order valence-corrected chi connectivity index (χ3v) is 3.90. The fraction of sp³-hybridized carbons (Fsp3) is 0.263. The Balaban J connectivity index is 1.87. The molecule has 2 rings (SSSR count). The van der Waals surface area contributed by atoms with Crippen molar-refractivity contribution in [3.8, 4) is 17.2 Å². The van der Waals surface area contributed by atoms with Gasteiger partial charge in [-0.25, -0.2) is 5.43 Å². The Labute approximate surface area is 161 Å². The quantitative estimate of drug-likeness (QED) is 0.494. The van der Waals surface area contributed by atoms with Crippen LogP contribution in [0.4, 0.5) is 0 Å². The third kappa shape index (κ3) is 6.07. The summed E-state index contributed by atoms with van der Waals surface area (Å²) in [6.07, 6.45) is 2.45. The minimum absolute atomic E-state index is 0.132. The maximum Gasteiger partial charge on any atom is 0.277 e. The van der Waals surface area contributed by atoms with Gasteiger partial charge < -0.3 is 14.2 Å². The smallest absolute Gasteiger partial charge is 0.277 e. The van der Waals surface area contributed by atoms with Gasteiger partial charge in [0.05, 0.1) is 24.4 Å². The summed E-state index contributed by atoms with van der Waals surface area (Å²) >= 11 is 3.36. The molecular formula is C19H21BrN2O4. The molecule has 0 aliphatic heterocycles. The summed E-state index contributed by atoms with van der Waals surface area (Å²) in [5.41, 5.74) is 3.20. The van der Waals surface area contributed by atoms with Crippen LogP contribution < -0.4 is 19.6 Å². The number of para-hydroxylation sites is 1. The van der Waals surface area contributed by atoms with E-state index >= 15 is 0 Å². The van der Waals surface area contributed by atoms with Crippen molar-refractivity contribution >= 4 is 28.1 Å². The molecule has 0 bridgehead atoms. The van der Waals surface area contributed by atoms with E-state index in [0.29, 0.717) is 23.9 Å². The molecule has 7 heteroatoms. The van der Waals surface area contributed by atoms with Gasteiger partial charge in [-0.15, -0.1) is 0 Å². The van der Waals surface area contributed by atoms with Crippen LogP contribution in [-0.2, 0) is 4.79 Å². The highest BCUT2D eigenvalue weighted by atomic mass is 79.9. The fourth-order valence-corrected chi connectivity index (χ4v) is 2.41. The molecule has 1 N–H and O–H groups in total. The van der Waals surface area contributed by atoms with E-state index in [4.69, 9.17) is 14.2 Å². The van der Waals surface area contributed by atoms with Gasteiger partial charge in [0.2, 0.25) is 0 Å². The Morgan fingerprint density at radius 3 is 2.69 bits per heavy atom. The van der Waals surface area contributed by atoms with E-state index in [1.807, 2.05) is 37.3 Å². The van der Waals surface area contributed by atoms with Gasteiger partial charge >= 0.3 is 0 Å². The monoisotopic (exact) mass is 420 g/mol. The number of carbonyl (C=O) groups excluding carboxylic acids is 1. The average Bonchev–Trinajstić information content (AvgIpc) is 2.66. The molecule has 138 valence electrons. The number of hydrogen-bond acceptors (Lipinski definition) is 5. The fourth-order valence-electron chi connectivity index (χ4n) is 2.01. The van der Waals surface area contributed by atoms with Gasteiger partial charge in [0.1, 0.15) is 5.75 Å². The maximum atomic E-state index is 11.8. The first-order chi connectivity index (χ1) is 12.6. The van der Waals surface area contributed by atoms with Crippen LogP contribution in [0.2, 0.25) is 0 Å². The molecule has 0 radical (unpaired) electrons. The number of methoxy groups -OCH3 is 1. The van der Waals surface area contributed by atoms with Crippen LogP contribution in [0.15, 0.2) is 52.0 Å². The lowest BCUT2D eigenvalue weighted by Crippen LogP contribution is -2.24. The summed E-state index contributed by atoms with van der Waals surface area (Å²) in [6, 6.07) is 12.7. The standard InChI is InChI=1S/C19H21BrN2O4/c1-3-10-25-17-9-8-14(11-18(17)24-2)12-21-22-19(23)13-26-16-7-5-4-6-15(16)20/h4-9,11-12H,3,10,13H2,1-2H3,(H,22,23)/b21-12+. The SMILES string of the molecule is CCCOc1ccc(/C=N/NC(=O)COc2ccccc2Br)cc1OC. The number of hydrazone groups is 1. The summed E-state index contributed by atoms with van der Waals surface area (Å²) in [4.78, 5) is 11.8. The molecular weight excluding hydrogens is 400 g/mol. The number of benzene rings is 2. The van der Waals surface area contributed by atoms with Gasteiger partial charge in [-0.05, 0) is 58.2 Å². The number of amides is 1. The van der Waals surface area contributed by atoms with Crippen LogP contribution in [0.5, 0.6) is 17.2 Å². The highest BCUT2D eigenvalue weighted by Gasteiger charge is 2.06. The van der Waals surface area contributed by atoms with Crippen molar-refractivity contribution < 1.29 is 19.0 Å². The Bertz CT molecular complexity index is 765. The number of nitrogens with zero attached hydrogens (tertiary/aromatic N) is 1. The Kier molecular flexibility index (Phi) is 7.95. The van der Waals surface area contributed by atoms with E-state index in [2.05, 4.69) is 26.5 Å². The minimum Gasteiger partial charge on any atom is -0.493 e. The molecule has 0 saturated heterocycles. The topological polar surface area (TPSA) is 69.2 Å². The predicted molar refractivity (Wildman–Crippen MR) is 104 cm³/mol. The number of carbonyl (C=O) groups is 1. The van der Waals surface area contributed by atoms with Gasteiger partial charge in [0.25, 0.3) is 5.91 Å². The van der Waals surface area contributed by atoms with Crippen LogP contribution in [0.3, 0.4) is 0 Å². The molecule has 0 unspecified atom stereocenters. The molecule has 0 heterocycles. The van der Waals surface area contributed by atoms with E-state index in [1.165, 1.54) is 6.21 Å². The second-order valence-corrected chi connectivity index (χ2v) is 6.13. The molecule has 1 amide bonds. The molecule has 0 spiro atoms. The molecule has 2 aromatic rings. The van der Waals surface area contributed by atoms with Crippen LogP contribution in [0.25, 0.3) is 0 Å². The van der Waals surface area contributed by atoms with Crippen molar-refractivity contribution in [1.29, 1.82) is 0 Å². The molecule has 0 aliphatic rings. The van der Waals surface area contributed by atoms with Crippen LogP contribution in [0.1, 0.15) is 18.9 Å². The number of hydrogen-bond donors (Lipinski definition) is 1. The largest absolute Gasteiger partial charge is 0.493 e. The second-order valence-electron chi connectivity index (χ2n) is 5.27. The minimum atomic E-state index is -0.355. The Morgan fingerprint density at radius 2 is 1.96 bits per heavy atom. The average molecular weight is 421 g/mol. The van der Waals surface area contributed by atoms with Crippen molar-refractivity contribution in [2.24, 2.45) is 5.10 Å². The summed E-state index contributed by atoms with van der Waals surface area (Å²) in [5.74, 6) is 1.54. The highest BCUT2D eigenvalue weighted by Crippen LogP contribution is 2.27. The van der Waals surface area contributed by atoms with Crippen molar-refractivity contribution in [3.63, 3.8) is 0 Å². The molecule has 0 fully saturated rings. The van der Waals surface area contributed by atoms with E-state index in [-0.39, 0.29) is 12.5 Å². The normalized spacial score (nSPS) is 10.6. The lowest BCUT2D eigenvalue weighted by atomic mass is 10.2. The Hall–Kier alpha value is -2.54. The van der Waals surface area contributed by atoms with E-state index in [1.54, 1.807) is 19.2 Å². The molecule has 0 saturated carbocycles. The van der Waals surface area contributed by atoms with E-state index in [9.17, 15) is 4.79 Å². The summed E-state index contributed by atoms with van der Waals surface area (Å²) in [6.45, 7) is 2.53. The number of ether oxygens (including phenoxy) is 3. The number of rotatable bonds is 9. The van der Waals surface area contributed by atoms with Crippen LogP contribution in [-0.4, -0.2) is 32.4 Å². The van der Waals surface area contributed by atoms with E-state index < -0.39 is 0 Å². The molecule has 0 aromatic heterocycles. The molecule has 0 aliphatic carbocycles. The summed E-state index contributed by atoms with van der Waals surface area (Å²) in [5, 5.41) is 3.93. The third-order valence-electron chi connectivity index (χ3n) is 3.25. The number of nitrogens with one attached hydrogen (secondary N) is 1. The molecule has 0 atom stereocenters. The first-order valence-corrected chi connectivity index (χ1v) is 8.93. The van der Waals surface area contributed by atoms with Gasteiger partial charge in [-0.1, -0.05) is 19.1 Å². The molecule has 26 heavy (non-hydrogen) atoms. The van der Waals surface area contributed by atoms with Crippen molar-refractivity contribution in [1.82, 2.24) is 5.43 Å². The molecule has 2 aromatic carbocycles. The second kappa shape index (κ2) is 10.5. The lowest BCUT2D eigenvalue weighted by molar-refractivity contribution is -0.123. The van der Waals surface area contributed by atoms with Crippen LogP contribution >= 0.6 is 15.9 Å². The van der Waals surface area contributed by atoms with Gasteiger partial charge in [-0.2, -0.15) is 5.10 Å². The van der Waals surface area contributed by atoms with Gasteiger partial charge in [0, 0.05) is 0 Å². The van der Waals surface area contributed by atoms with Gasteiger partial charge in [-0.3, -0.25) is 4.79 Å². The summed E-state index contributed by atoms with van der Waals surface area (Å²) < 4.78 is 17.1. The lowest BCUT2D eigenvalue weighted by Gasteiger charge is -2.10. The first kappa shape index (κ1) is 19.8. The zero-order chi connectivity index (χ0) is 18.8. The zero-order valence-electron chi connectivity index (χ0n) is 14.7. The van der Waals surface area contributed by atoms with Crippen molar-refractivity contribution in [2.45, 2.75) is 13.3 Å². The predicted octanol–water partition coefficient (Wildman–Crippen LogP) is 3.78. The van der Waals surface area contributed by atoms with Gasteiger partial charge in [0.15, 0.2) is 18.1 Å². The number of halogens is 1. The Morgan fingerprint density at radius 1 is 1.15 bits per heavy atom. The molecule has 6 nitrogen and oxygen atoms in total.